The SMILES string of the molecule is COc1ccc(-c2nc(C)no2)cc1CC(=O)N[C@H](C(=O)N[C@@H](CC(=O)O)C(=O)CSc1ccc(C(C)C)cc1)C(C)C. The van der Waals surface area contributed by atoms with Crippen molar-refractivity contribution in [3.05, 3.63) is 59.4 Å². The lowest BCUT2D eigenvalue weighted by Crippen LogP contribution is -2.54. The van der Waals surface area contributed by atoms with Gasteiger partial charge in [-0.1, -0.05) is 45.0 Å². The van der Waals surface area contributed by atoms with Crippen molar-refractivity contribution in [1.82, 2.24) is 20.8 Å². The molecule has 0 saturated carbocycles. The van der Waals surface area contributed by atoms with Gasteiger partial charge in [0.15, 0.2) is 11.6 Å². The lowest BCUT2D eigenvalue weighted by atomic mass is 10.0. The number of benzene rings is 2. The van der Waals surface area contributed by atoms with Crippen molar-refractivity contribution >= 4 is 35.3 Å². The van der Waals surface area contributed by atoms with Gasteiger partial charge in [0.25, 0.3) is 5.89 Å². The van der Waals surface area contributed by atoms with Crippen molar-refractivity contribution in [1.29, 1.82) is 0 Å². The third kappa shape index (κ3) is 9.67. The first-order valence-corrected chi connectivity index (χ1v) is 14.9. The number of ether oxygens (including phenoxy) is 1. The molecule has 11 nitrogen and oxygen atoms in total. The molecule has 0 spiro atoms. The number of carboxylic acids is 1. The molecule has 3 rings (SSSR count). The molecule has 12 heteroatoms. The monoisotopic (exact) mass is 610 g/mol. The highest BCUT2D eigenvalue weighted by molar-refractivity contribution is 8.00. The number of aromatic nitrogens is 2. The average Bonchev–Trinajstić information content (AvgIpc) is 3.40. The maximum absolute atomic E-state index is 13.3. The molecule has 1 aromatic heterocycles. The molecule has 2 aromatic carbocycles. The number of nitrogens with zero attached hydrogens (tertiary/aromatic N) is 2. The predicted molar refractivity (Wildman–Crippen MR) is 162 cm³/mol. The molecule has 2 amide bonds. The van der Waals surface area contributed by atoms with E-state index in [9.17, 15) is 24.3 Å². The summed E-state index contributed by atoms with van der Waals surface area (Å²) in [4.78, 5) is 56.0. The van der Waals surface area contributed by atoms with E-state index < -0.39 is 42.1 Å². The number of carbonyl (C=O) groups excluding carboxylic acids is 3. The van der Waals surface area contributed by atoms with Crippen molar-refractivity contribution in [3.8, 4) is 17.2 Å². The Morgan fingerprint density at radius 1 is 1.02 bits per heavy atom. The normalized spacial score (nSPS) is 12.6. The minimum Gasteiger partial charge on any atom is -0.496 e. The van der Waals surface area contributed by atoms with Gasteiger partial charge in [-0.15, -0.1) is 11.8 Å². The number of aliphatic carboxylic acids is 1. The van der Waals surface area contributed by atoms with Crippen LogP contribution in [-0.4, -0.2) is 63.8 Å². The van der Waals surface area contributed by atoms with Crippen LogP contribution in [0.4, 0.5) is 0 Å². The van der Waals surface area contributed by atoms with E-state index in [-0.39, 0.29) is 18.1 Å². The quantitative estimate of drug-likeness (QED) is 0.213. The molecule has 0 saturated heterocycles. The summed E-state index contributed by atoms with van der Waals surface area (Å²) in [7, 11) is 1.48. The van der Waals surface area contributed by atoms with E-state index in [1.54, 1.807) is 39.0 Å². The molecule has 2 atom stereocenters. The Morgan fingerprint density at radius 2 is 1.72 bits per heavy atom. The van der Waals surface area contributed by atoms with E-state index in [1.807, 2.05) is 24.3 Å². The minimum atomic E-state index is -1.25. The number of hydrogen-bond donors (Lipinski definition) is 3. The molecule has 0 aliphatic rings. The molecule has 3 N–H and O–H groups in total. The zero-order valence-corrected chi connectivity index (χ0v) is 26.0. The second kappa shape index (κ2) is 15.3. The maximum atomic E-state index is 13.3. The number of carboxylic acid groups (broad SMARTS) is 1. The molecule has 0 aliphatic heterocycles. The van der Waals surface area contributed by atoms with Gasteiger partial charge in [-0.25, -0.2) is 0 Å². The number of hydrogen-bond acceptors (Lipinski definition) is 9. The number of thioether (sulfide) groups is 1. The molecule has 3 aromatic rings. The molecule has 0 unspecified atom stereocenters. The third-order valence-electron chi connectivity index (χ3n) is 6.68. The van der Waals surface area contributed by atoms with Gasteiger partial charge in [0, 0.05) is 16.0 Å². The highest BCUT2D eigenvalue weighted by Gasteiger charge is 2.30. The second-order valence-electron chi connectivity index (χ2n) is 10.8. The van der Waals surface area contributed by atoms with Gasteiger partial charge in [0.2, 0.25) is 11.8 Å². The van der Waals surface area contributed by atoms with Crippen LogP contribution in [0.15, 0.2) is 51.9 Å². The fourth-order valence-corrected chi connectivity index (χ4v) is 5.12. The lowest BCUT2D eigenvalue weighted by Gasteiger charge is -2.25. The van der Waals surface area contributed by atoms with Gasteiger partial charge in [0.1, 0.15) is 11.8 Å². The number of aryl methyl sites for hydroxylation is 1. The Hall–Kier alpha value is -4.19. The van der Waals surface area contributed by atoms with Gasteiger partial charge in [-0.05, 0) is 54.7 Å². The number of amides is 2. The summed E-state index contributed by atoms with van der Waals surface area (Å²) in [5.41, 5.74) is 2.31. The van der Waals surface area contributed by atoms with E-state index >= 15 is 0 Å². The van der Waals surface area contributed by atoms with Gasteiger partial charge in [-0.3, -0.25) is 19.2 Å². The number of carbonyl (C=O) groups is 4. The molecule has 0 fully saturated rings. The van der Waals surface area contributed by atoms with Crippen LogP contribution < -0.4 is 15.4 Å². The fourth-order valence-electron chi connectivity index (χ4n) is 4.28. The van der Waals surface area contributed by atoms with Crippen LogP contribution in [0.25, 0.3) is 11.5 Å². The maximum Gasteiger partial charge on any atom is 0.305 e. The first kappa shape index (κ1) is 33.3. The van der Waals surface area contributed by atoms with E-state index in [0.717, 1.165) is 4.90 Å². The second-order valence-corrected chi connectivity index (χ2v) is 11.8. The van der Waals surface area contributed by atoms with Crippen molar-refractivity contribution in [2.45, 2.75) is 70.4 Å². The summed E-state index contributed by atoms with van der Waals surface area (Å²) in [5.74, 6) is -1.54. The number of ketones is 1. The Bertz CT molecular complexity index is 1440. The van der Waals surface area contributed by atoms with E-state index in [2.05, 4.69) is 34.6 Å². The third-order valence-corrected chi connectivity index (χ3v) is 7.72. The van der Waals surface area contributed by atoms with Crippen LogP contribution in [0, 0.1) is 12.8 Å². The summed E-state index contributed by atoms with van der Waals surface area (Å²) in [6.07, 6.45) is -0.695. The molecule has 43 heavy (non-hydrogen) atoms. The first-order chi connectivity index (χ1) is 20.4. The number of methoxy groups -OCH3 is 1. The van der Waals surface area contributed by atoms with E-state index in [4.69, 9.17) is 9.26 Å². The van der Waals surface area contributed by atoms with Crippen molar-refractivity contribution < 1.29 is 33.5 Å². The number of rotatable bonds is 15. The first-order valence-electron chi connectivity index (χ1n) is 13.9. The highest BCUT2D eigenvalue weighted by atomic mass is 32.2. The van der Waals surface area contributed by atoms with Gasteiger partial charge >= 0.3 is 5.97 Å². The van der Waals surface area contributed by atoms with E-state index in [0.29, 0.717) is 34.5 Å². The van der Waals surface area contributed by atoms with Gasteiger partial charge in [-0.2, -0.15) is 4.98 Å². The molecule has 1 heterocycles. The predicted octanol–water partition coefficient (Wildman–Crippen LogP) is 4.18. The summed E-state index contributed by atoms with van der Waals surface area (Å²) >= 11 is 1.27. The molecule has 0 aliphatic carbocycles. The Morgan fingerprint density at radius 3 is 2.28 bits per heavy atom. The topological polar surface area (TPSA) is 161 Å². The molecule has 0 bridgehead atoms. The van der Waals surface area contributed by atoms with Crippen LogP contribution in [0.3, 0.4) is 0 Å². The minimum absolute atomic E-state index is 0.0202. The van der Waals surface area contributed by atoms with Gasteiger partial charge < -0.3 is 25.0 Å². The zero-order chi connectivity index (χ0) is 31.7. The largest absolute Gasteiger partial charge is 0.496 e. The summed E-state index contributed by atoms with van der Waals surface area (Å²) in [6, 6.07) is 10.7. The summed E-state index contributed by atoms with van der Waals surface area (Å²) in [6.45, 7) is 9.36. The van der Waals surface area contributed by atoms with Crippen molar-refractivity contribution in [3.63, 3.8) is 0 Å². The van der Waals surface area contributed by atoms with Crippen LogP contribution in [0.5, 0.6) is 5.75 Å². The lowest BCUT2D eigenvalue weighted by molar-refractivity contribution is -0.140. The molecular formula is C31H38N4O7S. The molecular weight excluding hydrogens is 572 g/mol. The van der Waals surface area contributed by atoms with E-state index in [1.165, 1.54) is 24.4 Å². The summed E-state index contributed by atoms with van der Waals surface area (Å²) in [5, 5.41) is 18.5. The number of Topliss-reactive ketones (excluding diaryl/α,β-unsaturated/α-hetero) is 1. The van der Waals surface area contributed by atoms with Crippen LogP contribution in [-0.2, 0) is 25.6 Å². The standard InChI is InChI=1S/C31H38N4O7S/c1-17(2)20-7-10-23(11-8-20)43-16-25(36)24(15-28(38)39)33-30(40)29(18(3)4)34-27(37)14-22-13-21(9-12-26(22)41-6)31-32-19(5)35-42-31/h7-13,17-18,24,29H,14-16H2,1-6H3,(H,33,40)(H,34,37)(H,38,39)/t24-,29-/m0/s1. The Labute approximate surface area is 255 Å². The summed E-state index contributed by atoms with van der Waals surface area (Å²) < 4.78 is 10.6. The molecule has 0 radical (unpaired) electrons. The highest BCUT2D eigenvalue weighted by Crippen LogP contribution is 2.26. The van der Waals surface area contributed by atoms with Crippen LogP contribution in [0.1, 0.15) is 57.0 Å². The van der Waals surface area contributed by atoms with Crippen LogP contribution in [0.2, 0.25) is 0 Å². The molecule has 230 valence electrons. The van der Waals surface area contributed by atoms with Gasteiger partial charge in [0.05, 0.1) is 31.7 Å². The zero-order valence-electron chi connectivity index (χ0n) is 25.2. The van der Waals surface area contributed by atoms with Crippen molar-refractivity contribution in [2.75, 3.05) is 12.9 Å². The number of nitrogens with one attached hydrogen (secondary N) is 2. The smallest absolute Gasteiger partial charge is 0.305 e. The van der Waals surface area contributed by atoms with Crippen LogP contribution >= 0.6 is 11.8 Å². The average molecular weight is 611 g/mol. The fraction of sp³-hybridized carbons (Fsp3) is 0.419. The Balaban J connectivity index is 1.68. The van der Waals surface area contributed by atoms with Crippen molar-refractivity contribution in [2.24, 2.45) is 5.92 Å². The Kier molecular flexibility index (Phi) is 11.9.